The van der Waals surface area contributed by atoms with Crippen molar-refractivity contribution >= 4 is 29.1 Å². The van der Waals surface area contributed by atoms with Gasteiger partial charge in [-0.15, -0.1) is 11.3 Å². The first-order valence-electron chi connectivity index (χ1n) is 6.41. The summed E-state index contributed by atoms with van der Waals surface area (Å²) < 4.78 is 0. The van der Waals surface area contributed by atoms with E-state index in [1.54, 1.807) is 19.2 Å². The second kappa shape index (κ2) is 6.51. The van der Waals surface area contributed by atoms with Crippen molar-refractivity contribution in [2.75, 3.05) is 20.1 Å². The Morgan fingerprint density at radius 1 is 1.55 bits per heavy atom. The number of hydrogen-bond donors (Lipinski definition) is 2. The smallest absolute Gasteiger partial charge is 0.264 e. The van der Waals surface area contributed by atoms with E-state index >= 15 is 0 Å². The molecular weight excluding hydrogens is 278 g/mol. The van der Waals surface area contributed by atoms with Gasteiger partial charge in [0.25, 0.3) is 5.91 Å². The standard InChI is InChI=1S/C13H17N3O3S/c1-16(13(19)10-3-2-6-20-10)8-12(18)15-9-4-5-11(17)14-7-9/h2-3,6,9H,4-5,7-8H2,1H3,(H,14,17)(H,15,18). The Bertz CT molecular complexity index is 491. The average Bonchev–Trinajstić information content (AvgIpc) is 2.94. The number of thiophene rings is 1. The summed E-state index contributed by atoms with van der Waals surface area (Å²) in [6.07, 6.45) is 1.06. The van der Waals surface area contributed by atoms with Crippen LogP contribution in [0.4, 0.5) is 0 Å². The van der Waals surface area contributed by atoms with Crippen molar-refractivity contribution in [3.05, 3.63) is 22.4 Å². The number of carbonyl (C=O) groups is 3. The van der Waals surface area contributed by atoms with E-state index in [1.165, 1.54) is 16.2 Å². The summed E-state index contributed by atoms with van der Waals surface area (Å²) in [5.74, 6) is -0.355. The Labute approximate surface area is 121 Å². The number of amides is 3. The van der Waals surface area contributed by atoms with Crippen LogP contribution in [0, 0.1) is 0 Å². The number of nitrogens with zero attached hydrogens (tertiary/aromatic N) is 1. The molecular formula is C13H17N3O3S. The van der Waals surface area contributed by atoms with E-state index in [2.05, 4.69) is 10.6 Å². The lowest BCUT2D eigenvalue weighted by molar-refractivity contribution is -0.125. The third kappa shape index (κ3) is 3.80. The molecule has 1 unspecified atom stereocenters. The van der Waals surface area contributed by atoms with Gasteiger partial charge in [0.05, 0.1) is 11.4 Å². The SMILES string of the molecule is CN(CC(=O)NC1CCC(=O)NC1)C(=O)c1cccs1. The van der Waals surface area contributed by atoms with E-state index in [-0.39, 0.29) is 30.3 Å². The molecule has 1 aliphatic rings. The summed E-state index contributed by atoms with van der Waals surface area (Å²) >= 11 is 1.35. The number of carbonyl (C=O) groups excluding carboxylic acids is 3. The third-order valence-electron chi connectivity index (χ3n) is 3.09. The minimum absolute atomic E-state index is 0.0143. The number of piperidine rings is 1. The molecule has 20 heavy (non-hydrogen) atoms. The van der Waals surface area contributed by atoms with Gasteiger partial charge in [-0.05, 0) is 17.9 Å². The number of rotatable bonds is 4. The maximum Gasteiger partial charge on any atom is 0.264 e. The maximum absolute atomic E-state index is 12.0. The fourth-order valence-corrected chi connectivity index (χ4v) is 2.72. The monoisotopic (exact) mass is 295 g/mol. The van der Waals surface area contributed by atoms with Gasteiger partial charge in [-0.1, -0.05) is 6.07 Å². The van der Waals surface area contributed by atoms with Gasteiger partial charge in [-0.2, -0.15) is 0 Å². The molecule has 0 bridgehead atoms. The van der Waals surface area contributed by atoms with Gasteiger partial charge in [0.2, 0.25) is 11.8 Å². The largest absolute Gasteiger partial charge is 0.354 e. The van der Waals surface area contributed by atoms with Gasteiger partial charge >= 0.3 is 0 Å². The number of likely N-dealkylation sites (N-methyl/N-ethyl adjacent to an activating group) is 1. The van der Waals surface area contributed by atoms with Crippen molar-refractivity contribution in [1.29, 1.82) is 0 Å². The Morgan fingerprint density at radius 3 is 2.95 bits per heavy atom. The van der Waals surface area contributed by atoms with Gasteiger partial charge in [-0.25, -0.2) is 0 Å². The Hall–Kier alpha value is -1.89. The quantitative estimate of drug-likeness (QED) is 0.834. The zero-order valence-corrected chi connectivity index (χ0v) is 12.0. The molecule has 108 valence electrons. The van der Waals surface area contributed by atoms with Crippen molar-refractivity contribution in [3.8, 4) is 0 Å². The van der Waals surface area contributed by atoms with Crippen LogP contribution in [0.25, 0.3) is 0 Å². The minimum Gasteiger partial charge on any atom is -0.354 e. The van der Waals surface area contributed by atoms with E-state index < -0.39 is 0 Å². The lowest BCUT2D eigenvalue weighted by Gasteiger charge is -2.24. The lowest BCUT2D eigenvalue weighted by Crippen LogP contribution is -2.50. The summed E-state index contributed by atoms with van der Waals surface area (Å²) in [5, 5.41) is 7.35. The highest BCUT2D eigenvalue weighted by molar-refractivity contribution is 7.12. The van der Waals surface area contributed by atoms with Gasteiger partial charge in [0.1, 0.15) is 0 Å². The molecule has 0 radical (unpaired) electrons. The van der Waals surface area contributed by atoms with Crippen molar-refractivity contribution in [2.24, 2.45) is 0 Å². The normalized spacial score (nSPS) is 18.2. The van der Waals surface area contributed by atoms with Crippen molar-refractivity contribution in [1.82, 2.24) is 15.5 Å². The topological polar surface area (TPSA) is 78.5 Å². The van der Waals surface area contributed by atoms with Gasteiger partial charge in [-0.3, -0.25) is 14.4 Å². The Kier molecular flexibility index (Phi) is 4.73. The van der Waals surface area contributed by atoms with Crippen LogP contribution >= 0.6 is 11.3 Å². The second-order valence-electron chi connectivity index (χ2n) is 4.75. The van der Waals surface area contributed by atoms with Crippen molar-refractivity contribution < 1.29 is 14.4 Å². The molecule has 3 amide bonds. The average molecular weight is 295 g/mol. The molecule has 0 aromatic carbocycles. The van der Waals surface area contributed by atoms with Crippen LogP contribution in [0.1, 0.15) is 22.5 Å². The molecule has 7 heteroatoms. The first-order chi connectivity index (χ1) is 9.56. The predicted octanol–water partition coefficient (Wildman–Crippen LogP) is 0.215. The molecule has 0 spiro atoms. The summed E-state index contributed by atoms with van der Waals surface area (Å²) in [5.41, 5.74) is 0. The second-order valence-corrected chi connectivity index (χ2v) is 5.69. The van der Waals surface area contributed by atoms with Crippen LogP contribution in [0.5, 0.6) is 0 Å². The molecule has 1 fully saturated rings. The van der Waals surface area contributed by atoms with E-state index in [9.17, 15) is 14.4 Å². The molecule has 0 saturated carbocycles. The molecule has 1 aliphatic heterocycles. The van der Waals surface area contributed by atoms with Gasteiger partial charge in [0, 0.05) is 26.1 Å². The van der Waals surface area contributed by atoms with E-state index in [0.29, 0.717) is 24.3 Å². The molecule has 2 N–H and O–H groups in total. The molecule has 2 heterocycles. The Morgan fingerprint density at radius 2 is 2.35 bits per heavy atom. The summed E-state index contributed by atoms with van der Waals surface area (Å²) in [6, 6.07) is 3.49. The molecule has 1 atom stereocenters. The van der Waals surface area contributed by atoms with Crippen molar-refractivity contribution in [2.45, 2.75) is 18.9 Å². The first kappa shape index (κ1) is 14.5. The fraction of sp³-hybridized carbons (Fsp3) is 0.462. The zero-order chi connectivity index (χ0) is 14.5. The molecule has 2 rings (SSSR count). The zero-order valence-electron chi connectivity index (χ0n) is 11.2. The van der Waals surface area contributed by atoms with E-state index in [0.717, 1.165) is 0 Å². The van der Waals surface area contributed by atoms with Crippen LogP contribution in [0.2, 0.25) is 0 Å². The molecule has 1 aromatic heterocycles. The molecule has 1 aromatic rings. The number of hydrogen-bond acceptors (Lipinski definition) is 4. The van der Waals surface area contributed by atoms with Crippen LogP contribution in [-0.4, -0.2) is 48.8 Å². The number of nitrogens with one attached hydrogen (secondary N) is 2. The van der Waals surface area contributed by atoms with Crippen LogP contribution in [0.3, 0.4) is 0 Å². The van der Waals surface area contributed by atoms with Crippen LogP contribution < -0.4 is 10.6 Å². The highest BCUT2D eigenvalue weighted by Gasteiger charge is 2.21. The van der Waals surface area contributed by atoms with Gasteiger partial charge in [0.15, 0.2) is 0 Å². The van der Waals surface area contributed by atoms with Crippen LogP contribution in [0.15, 0.2) is 17.5 Å². The highest BCUT2D eigenvalue weighted by Crippen LogP contribution is 2.11. The summed E-state index contributed by atoms with van der Waals surface area (Å²) in [7, 11) is 1.60. The highest BCUT2D eigenvalue weighted by atomic mass is 32.1. The van der Waals surface area contributed by atoms with E-state index in [1.807, 2.05) is 5.38 Å². The summed E-state index contributed by atoms with van der Waals surface area (Å²) in [4.78, 5) is 36.9. The lowest BCUT2D eigenvalue weighted by atomic mass is 10.1. The minimum atomic E-state index is -0.210. The van der Waals surface area contributed by atoms with Gasteiger partial charge < -0.3 is 15.5 Å². The molecule has 1 saturated heterocycles. The summed E-state index contributed by atoms with van der Waals surface area (Å²) in [6.45, 7) is 0.467. The van der Waals surface area contributed by atoms with Crippen molar-refractivity contribution in [3.63, 3.8) is 0 Å². The third-order valence-corrected chi connectivity index (χ3v) is 3.95. The fourth-order valence-electron chi connectivity index (χ4n) is 2.00. The van der Waals surface area contributed by atoms with E-state index in [4.69, 9.17) is 0 Å². The maximum atomic E-state index is 12.0. The van der Waals surface area contributed by atoms with Crippen LogP contribution in [-0.2, 0) is 9.59 Å². The molecule has 0 aliphatic carbocycles. The first-order valence-corrected chi connectivity index (χ1v) is 7.29. The predicted molar refractivity (Wildman–Crippen MR) is 75.5 cm³/mol. The molecule has 6 nitrogen and oxygen atoms in total. The Balaban J connectivity index is 1.79.